The molecule has 2 aromatic rings. The smallest absolute Gasteiger partial charge is 0.279 e. The summed E-state index contributed by atoms with van der Waals surface area (Å²) in [5.74, 6) is 0.0967. The molecule has 0 spiro atoms. The average molecular weight is 392 g/mol. The van der Waals surface area contributed by atoms with Gasteiger partial charge in [-0.2, -0.15) is 0 Å². The molecule has 0 aromatic heterocycles. The van der Waals surface area contributed by atoms with Gasteiger partial charge in [-0.05, 0) is 36.6 Å². The van der Waals surface area contributed by atoms with Gasteiger partial charge in [0.15, 0.2) is 6.54 Å². The summed E-state index contributed by atoms with van der Waals surface area (Å²) in [4.78, 5) is 16.4. The third-order valence-corrected chi connectivity index (χ3v) is 5.77. The Kier molecular flexibility index (Phi) is 6.97. The molecule has 0 aliphatic carbocycles. The normalized spacial score (nSPS) is 19.9. The number of thioether (sulfide) groups is 1. The number of carbonyl (C=O) groups excluding carboxylic acids is 1. The Morgan fingerprint density at radius 3 is 2.46 bits per heavy atom. The van der Waals surface area contributed by atoms with Gasteiger partial charge in [0.1, 0.15) is 32.7 Å². The molecule has 2 aromatic carbocycles. The molecule has 26 heavy (non-hydrogen) atoms. The third-order valence-electron chi connectivity index (χ3n) is 4.80. The zero-order chi connectivity index (χ0) is 18.4. The lowest BCUT2D eigenvalue weighted by Gasteiger charge is -2.29. The fraction of sp³-hybridized carbons (Fsp3) is 0.350. The number of amides is 1. The lowest BCUT2D eigenvalue weighted by atomic mass is 10.2. The Balaban J connectivity index is 1.43. The van der Waals surface area contributed by atoms with Crippen LogP contribution in [-0.2, 0) is 11.3 Å². The SMILES string of the molecule is CSc1cccc(NC(=O)C[NH+]2CC[NH+](Cc3ccc(Cl)cc3)CC2)c1. The van der Waals surface area contributed by atoms with E-state index >= 15 is 0 Å². The Labute approximate surface area is 164 Å². The summed E-state index contributed by atoms with van der Waals surface area (Å²) in [5, 5.41) is 3.81. The molecule has 1 aliphatic rings. The van der Waals surface area contributed by atoms with Crippen molar-refractivity contribution in [1.82, 2.24) is 0 Å². The second-order valence-electron chi connectivity index (χ2n) is 6.76. The van der Waals surface area contributed by atoms with E-state index in [-0.39, 0.29) is 5.91 Å². The monoisotopic (exact) mass is 391 g/mol. The van der Waals surface area contributed by atoms with Gasteiger partial charge in [0.05, 0.1) is 0 Å². The van der Waals surface area contributed by atoms with E-state index in [9.17, 15) is 4.79 Å². The number of rotatable bonds is 6. The van der Waals surface area contributed by atoms with Gasteiger partial charge in [-0.1, -0.05) is 29.8 Å². The Hall–Kier alpha value is -1.53. The van der Waals surface area contributed by atoms with Crippen LogP contribution < -0.4 is 15.1 Å². The number of nitrogens with one attached hydrogen (secondary N) is 3. The van der Waals surface area contributed by atoms with Gasteiger partial charge < -0.3 is 15.1 Å². The van der Waals surface area contributed by atoms with Crippen LogP contribution in [0, 0.1) is 0 Å². The highest BCUT2D eigenvalue weighted by molar-refractivity contribution is 7.98. The molecule has 0 bridgehead atoms. The molecule has 1 aliphatic heterocycles. The molecule has 1 amide bonds. The fourth-order valence-corrected chi connectivity index (χ4v) is 3.92. The van der Waals surface area contributed by atoms with Crippen molar-refractivity contribution in [3.63, 3.8) is 0 Å². The van der Waals surface area contributed by atoms with Gasteiger partial charge in [0, 0.05) is 21.2 Å². The quantitative estimate of drug-likeness (QED) is 0.642. The van der Waals surface area contributed by atoms with Crippen LogP contribution in [-0.4, -0.2) is 44.9 Å². The molecule has 0 atom stereocenters. The highest BCUT2D eigenvalue weighted by atomic mass is 35.5. The van der Waals surface area contributed by atoms with Crippen LogP contribution in [0.15, 0.2) is 53.4 Å². The number of carbonyl (C=O) groups is 1. The molecule has 1 saturated heterocycles. The van der Waals surface area contributed by atoms with E-state index in [1.807, 2.05) is 42.7 Å². The van der Waals surface area contributed by atoms with E-state index in [2.05, 4.69) is 17.4 Å². The number of benzene rings is 2. The van der Waals surface area contributed by atoms with Crippen LogP contribution in [0.4, 0.5) is 5.69 Å². The second kappa shape index (κ2) is 9.42. The molecule has 1 fully saturated rings. The van der Waals surface area contributed by atoms with Gasteiger partial charge in [-0.25, -0.2) is 0 Å². The summed E-state index contributed by atoms with van der Waals surface area (Å²) in [6, 6.07) is 16.1. The van der Waals surface area contributed by atoms with Crippen LogP contribution in [0.2, 0.25) is 5.02 Å². The van der Waals surface area contributed by atoms with Crippen LogP contribution >= 0.6 is 23.4 Å². The first-order chi connectivity index (χ1) is 12.6. The van der Waals surface area contributed by atoms with E-state index < -0.39 is 0 Å². The summed E-state index contributed by atoms with van der Waals surface area (Å²) < 4.78 is 0. The van der Waals surface area contributed by atoms with Crippen molar-refractivity contribution >= 4 is 35.0 Å². The molecule has 138 valence electrons. The molecule has 3 N–H and O–H groups in total. The van der Waals surface area contributed by atoms with Crippen molar-refractivity contribution in [2.75, 3.05) is 44.3 Å². The summed E-state index contributed by atoms with van der Waals surface area (Å²) in [6.07, 6.45) is 2.04. The minimum atomic E-state index is 0.0967. The van der Waals surface area contributed by atoms with Crippen LogP contribution in [0.3, 0.4) is 0 Å². The van der Waals surface area contributed by atoms with E-state index in [0.29, 0.717) is 6.54 Å². The maximum absolute atomic E-state index is 12.3. The van der Waals surface area contributed by atoms with Crippen molar-refractivity contribution in [3.8, 4) is 0 Å². The number of anilines is 1. The van der Waals surface area contributed by atoms with Crippen molar-refractivity contribution in [2.24, 2.45) is 0 Å². The van der Waals surface area contributed by atoms with Crippen LogP contribution in [0.25, 0.3) is 0 Å². The predicted octanol–water partition coefficient (Wildman–Crippen LogP) is 0.984. The number of hydrogen-bond acceptors (Lipinski definition) is 2. The summed E-state index contributed by atoms with van der Waals surface area (Å²) in [6.45, 7) is 5.80. The van der Waals surface area contributed by atoms with Crippen molar-refractivity contribution in [3.05, 3.63) is 59.1 Å². The van der Waals surface area contributed by atoms with Gasteiger partial charge in [-0.15, -0.1) is 11.8 Å². The van der Waals surface area contributed by atoms with E-state index in [1.165, 1.54) is 10.5 Å². The highest BCUT2D eigenvalue weighted by Crippen LogP contribution is 2.18. The second-order valence-corrected chi connectivity index (χ2v) is 8.08. The van der Waals surface area contributed by atoms with E-state index in [4.69, 9.17) is 11.6 Å². The maximum atomic E-state index is 12.3. The molecular formula is C20H26ClN3OS+2. The first-order valence-corrected chi connectivity index (χ1v) is 10.6. The minimum Gasteiger partial charge on any atom is -0.322 e. The molecule has 4 nitrogen and oxygen atoms in total. The number of hydrogen-bond donors (Lipinski definition) is 3. The lowest BCUT2D eigenvalue weighted by molar-refractivity contribution is -1.02. The van der Waals surface area contributed by atoms with Crippen molar-refractivity contribution < 1.29 is 14.6 Å². The van der Waals surface area contributed by atoms with Crippen LogP contribution in [0.5, 0.6) is 0 Å². The summed E-state index contributed by atoms with van der Waals surface area (Å²) >= 11 is 7.63. The molecule has 0 saturated carbocycles. The lowest BCUT2D eigenvalue weighted by Crippen LogP contribution is -3.28. The number of halogens is 1. The molecular weight excluding hydrogens is 366 g/mol. The largest absolute Gasteiger partial charge is 0.322 e. The third kappa shape index (κ3) is 5.74. The Bertz CT molecular complexity index is 730. The Morgan fingerprint density at radius 1 is 1.08 bits per heavy atom. The predicted molar refractivity (Wildman–Crippen MR) is 108 cm³/mol. The zero-order valence-electron chi connectivity index (χ0n) is 15.1. The van der Waals surface area contributed by atoms with Crippen molar-refractivity contribution in [2.45, 2.75) is 11.4 Å². The number of piperazine rings is 1. The van der Waals surface area contributed by atoms with E-state index in [1.54, 1.807) is 16.7 Å². The average Bonchev–Trinajstić information content (AvgIpc) is 2.65. The maximum Gasteiger partial charge on any atom is 0.279 e. The minimum absolute atomic E-state index is 0.0967. The first-order valence-electron chi connectivity index (χ1n) is 8.98. The number of quaternary nitrogens is 2. The first kappa shape index (κ1) is 19.2. The zero-order valence-corrected chi connectivity index (χ0v) is 16.6. The van der Waals surface area contributed by atoms with Crippen LogP contribution in [0.1, 0.15) is 5.56 Å². The topological polar surface area (TPSA) is 38.0 Å². The molecule has 0 radical (unpaired) electrons. The highest BCUT2D eigenvalue weighted by Gasteiger charge is 2.24. The standard InChI is InChI=1S/C20H24ClN3OS/c1-26-19-4-2-3-18(13-19)22-20(25)15-24-11-9-23(10-12-24)14-16-5-7-17(21)8-6-16/h2-8,13H,9-12,14-15H2,1H3,(H,22,25)/p+2. The van der Waals surface area contributed by atoms with Crippen molar-refractivity contribution in [1.29, 1.82) is 0 Å². The Morgan fingerprint density at radius 2 is 1.77 bits per heavy atom. The molecule has 0 unspecified atom stereocenters. The fourth-order valence-electron chi connectivity index (χ4n) is 3.33. The summed E-state index contributed by atoms with van der Waals surface area (Å²) in [7, 11) is 0. The van der Waals surface area contributed by atoms with Gasteiger partial charge in [0.2, 0.25) is 0 Å². The van der Waals surface area contributed by atoms with Gasteiger partial charge >= 0.3 is 0 Å². The molecule has 3 rings (SSSR count). The van der Waals surface area contributed by atoms with Gasteiger partial charge in [-0.3, -0.25) is 4.79 Å². The molecule has 1 heterocycles. The van der Waals surface area contributed by atoms with Gasteiger partial charge in [0.25, 0.3) is 5.91 Å². The summed E-state index contributed by atoms with van der Waals surface area (Å²) in [5.41, 5.74) is 2.20. The van der Waals surface area contributed by atoms with E-state index in [0.717, 1.165) is 48.3 Å². The molecule has 6 heteroatoms.